The van der Waals surface area contributed by atoms with Crippen LogP contribution < -0.4 is 5.73 Å². The summed E-state index contributed by atoms with van der Waals surface area (Å²) in [6.07, 6.45) is 4.69. The molecule has 0 radical (unpaired) electrons. The smallest absolute Gasteiger partial charge is 0.310 e. The molecule has 5 rings (SSSR count). The molecule has 0 unspecified atom stereocenters. The number of H-pyrrole nitrogens is 1. The number of aromatic amines is 1. The highest BCUT2D eigenvalue weighted by molar-refractivity contribution is 8.45. The maximum absolute atomic E-state index is 13.1. The average Bonchev–Trinajstić information content (AvgIpc) is 3.27. The van der Waals surface area contributed by atoms with Crippen molar-refractivity contribution < 1.29 is 29.0 Å². The van der Waals surface area contributed by atoms with Gasteiger partial charge in [0, 0.05) is 43.6 Å². The Morgan fingerprint density at radius 1 is 1.11 bits per heavy atom. The Bertz CT molecular complexity index is 1360. The SMILES string of the molecule is C[C@H]1C[C@@H](c2ccnc3[nH]c(C4CCOCC4)nc23)CCN1C(=O)c1ccc(S(F)(F)(F)(F)F)cc1N. The number of piperidine rings is 1. The van der Waals surface area contributed by atoms with Gasteiger partial charge in [-0.05, 0) is 68.4 Å². The second-order valence-electron chi connectivity index (χ2n) is 9.89. The van der Waals surface area contributed by atoms with E-state index in [1.54, 1.807) is 6.20 Å². The molecule has 0 spiro atoms. The van der Waals surface area contributed by atoms with Crippen LogP contribution in [0.25, 0.3) is 11.2 Å². The van der Waals surface area contributed by atoms with E-state index in [2.05, 4.69) is 9.97 Å². The Morgan fingerprint density at radius 2 is 1.84 bits per heavy atom. The van der Waals surface area contributed by atoms with Crippen molar-refractivity contribution in [2.45, 2.75) is 55.4 Å². The summed E-state index contributed by atoms with van der Waals surface area (Å²) in [7, 11) is -9.89. The normalized spacial score (nSPS) is 23.6. The fraction of sp³-hybridized carbons (Fsp3) is 0.458. The van der Waals surface area contributed by atoms with Gasteiger partial charge in [0.05, 0.1) is 5.56 Å². The molecule has 0 bridgehead atoms. The number of imidazole rings is 1. The second kappa shape index (κ2) is 8.29. The van der Waals surface area contributed by atoms with E-state index in [0.717, 1.165) is 35.8 Å². The van der Waals surface area contributed by atoms with Crippen molar-refractivity contribution in [1.29, 1.82) is 0 Å². The molecule has 37 heavy (non-hydrogen) atoms. The average molecular weight is 546 g/mol. The second-order valence-corrected chi connectivity index (χ2v) is 12.3. The van der Waals surface area contributed by atoms with E-state index in [4.69, 9.17) is 15.5 Å². The number of benzene rings is 1. The zero-order valence-electron chi connectivity index (χ0n) is 20.1. The lowest BCUT2D eigenvalue weighted by Crippen LogP contribution is -2.44. The van der Waals surface area contributed by atoms with Crippen LogP contribution in [0.15, 0.2) is 35.4 Å². The molecule has 0 saturated carbocycles. The van der Waals surface area contributed by atoms with Gasteiger partial charge in [0.2, 0.25) is 0 Å². The Hall–Kier alpha value is -2.93. The summed E-state index contributed by atoms with van der Waals surface area (Å²) in [6, 6.07) is 2.77. The summed E-state index contributed by atoms with van der Waals surface area (Å²) in [5.41, 5.74) is 7.33. The van der Waals surface area contributed by atoms with Crippen LogP contribution in [-0.4, -0.2) is 51.6 Å². The van der Waals surface area contributed by atoms with Crippen LogP contribution in [0.5, 0.6) is 0 Å². The number of likely N-dealkylation sites (tertiary alicyclic amines) is 1. The number of rotatable bonds is 4. The number of nitrogen functional groups attached to an aromatic ring is 1. The number of hydrogen-bond donors (Lipinski definition) is 2. The Morgan fingerprint density at radius 3 is 2.49 bits per heavy atom. The van der Waals surface area contributed by atoms with Crippen molar-refractivity contribution in [3.05, 3.63) is 47.4 Å². The molecular formula is C24H28F5N5O2S. The van der Waals surface area contributed by atoms with Gasteiger partial charge in [-0.3, -0.25) is 4.79 Å². The summed E-state index contributed by atoms with van der Waals surface area (Å²) >= 11 is 0. The predicted molar refractivity (Wildman–Crippen MR) is 131 cm³/mol. The van der Waals surface area contributed by atoms with Crippen molar-refractivity contribution in [2.24, 2.45) is 0 Å². The van der Waals surface area contributed by atoms with Crippen LogP contribution in [0.2, 0.25) is 0 Å². The van der Waals surface area contributed by atoms with Crippen LogP contribution in [0, 0.1) is 0 Å². The minimum atomic E-state index is -9.89. The highest BCUT2D eigenvalue weighted by atomic mass is 32.5. The molecule has 202 valence electrons. The molecule has 3 N–H and O–H groups in total. The molecule has 2 aliphatic rings. The largest absolute Gasteiger partial charge is 0.398 e. The number of ether oxygens (including phenoxy) is 1. The predicted octanol–water partition coefficient (Wildman–Crippen LogP) is 6.50. The van der Waals surface area contributed by atoms with Crippen molar-refractivity contribution in [2.75, 3.05) is 25.5 Å². The van der Waals surface area contributed by atoms with Gasteiger partial charge in [-0.2, -0.15) is 0 Å². The third kappa shape index (κ3) is 5.11. The van der Waals surface area contributed by atoms with Crippen LogP contribution >= 0.6 is 10.2 Å². The van der Waals surface area contributed by atoms with Crippen LogP contribution in [-0.2, 0) is 4.74 Å². The van der Waals surface area contributed by atoms with Gasteiger partial charge in [-0.25, -0.2) is 9.97 Å². The Kier molecular flexibility index (Phi) is 5.76. The summed E-state index contributed by atoms with van der Waals surface area (Å²) in [4.78, 5) is 25.2. The number of nitrogens with one attached hydrogen (secondary N) is 1. The van der Waals surface area contributed by atoms with Crippen molar-refractivity contribution in [3.8, 4) is 0 Å². The maximum Gasteiger partial charge on any atom is 0.310 e. The third-order valence-corrected chi connectivity index (χ3v) is 8.46. The summed E-state index contributed by atoms with van der Waals surface area (Å²) in [5.74, 6) is 0.677. The first-order chi connectivity index (χ1) is 17.2. The molecule has 7 nitrogen and oxygen atoms in total. The fourth-order valence-electron chi connectivity index (χ4n) is 5.33. The molecular weight excluding hydrogens is 517 g/mol. The first-order valence-corrected chi connectivity index (χ1v) is 14.0. The Balaban J connectivity index is 1.34. The first kappa shape index (κ1) is 25.7. The summed E-state index contributed by atoms with van der Waals surface area (Å²) in [5, 5.41) is 0. The molecule has 2 saturated heterocycles. The van der Waals surface area contributed by atoms with Gasteiger partial charge >= 0.3 is 10.2 Å². The number of halogens is 5. The molecule has 2 aromatic heterocycles. The highest BCUT2D eigenvalue weighted by Gasteiger charge is 2.65. The standard InChI is InChI=1S/C24H28F5N5O2S/c1-14-12-16(18-4-8-31-23-21(18)32-22(33-23)15-6-10-36-11-7-15)5-9-34(14)24(35)19-3-2-17(13-20(19)30)37(25,26,27,28)29/h2-4,8,13-16H,5-7,9-12,30H2,1H3,(H,31,32,33)/t14-,16-/m0/s1. The molecule has 2 fully saturated rings. The molecule has 13 heteroatoms. The molecule has 2 atom stereocenters. The lowest BCUT2D eigenvalue weighted by molar-refractivity contribution is 0.0617. The number of anilines is 1. The number of pyridine rings is 1. The molecule has 0 aliphatic carbocycles. The molecule has 4 heterocycles. The van der Waals surface area contributed by atoms with Gasteiger partial charge in [0.1, 0.15) is 16.2 Å². The number of carbonyl (C=O) groups excluding carboxylic acids is 1. The van der Waals surface area contributed by atoms with E-state index in [-0.39, 0.29) is 35.6 Å². The summed E-state index contributed by atoms with van der Waals surface area (Å²) < 4.78 is 71.1. The molecule has 1 aromatic carbocycles. The third-order valence-electron chi connectivity index (χ3n) is 7.32. The van der Waals surface area contributed by atoms with E-state index in [1.807, 2.05) is 13.0 Å². The Labute approximate surface area is 210 Å². The number of fused-ring (bicyclic) bond motifs is 1. The number of nitrogens with zero attached hydrogens (tertiary/aromatic N) is 3. The minimum Gasteiger partial charge on any atom is -0.398 e. The fourth-order valence-corrected chi connectivity index (χ4v) is 6.00. The molecule has 3 aromatic rings. The maximum atomic E-state index is 13.1. The van der Waals surface area contributed by atoms with E-state index in [0.29, 0.717) is 38.2 Å². The van der Waals surface area contributed by atoms with E-state index < -0.39 is 26.7 Å². The number of aromatic nitrogens is 3. The first-order valence-electron chi connectivity index (χ1n) is 12.1. The quantitative estimate of drug-likeness (QED) is 0.288. The number of nitrogens with two attached hydrogens (primary N) is 1. The van der Waals surface area contributed by atoms with Crippen molar-refractivity contribution in [1.82, 2.24) is 19.9 Å². The highest BCUT2D eigenvalue weighted by Crippen LogP contribution is 3.02. The molecule has 2 aliphatic heterocycles. The van der Waals surface area contributed by atoms with Crippen LogP contribution in [0.4, 0.5) is 25.1 Å². The van der Waals surface area contributed by atoms with Gasteiger partial charge in [0.25, 0.3) is 5.91 Å². The number of amides is 1. The monoisotopic (exact) mass is 545 g/mol. The van der Waals surface area contributed by atoms with Crippen LogP contribution in [0.3, 0.4) is 0 Å². The zero-order valence-corrected chi connectivity index (χ0v) is 20.9. The van der Waals surface area contributed by atoms with E-state index in [1.165, 1.54) is 4.90 Å². The van der Waals surface area contributed by atoms with E-state index >= 15 is 0 Å². The van der Waals surface area contributed by atoms with Gasteiger partial charge in [-0.1, -0.05) is 19.4 Å². The number of carbonyl (C=O) groups is 1. The van der Waals surface area contributed by atoms with Gasteiger partial charge < -0.3 is 20.4 Å². The van der Waals surface area contributed by atoms with Crippen molar-refractivity contribution >= 4 is 33.0 Å². The van der Waals surface area contributed by atoms with Crippen LogP contribution in [0.1, 0.15) is 66.2 Å². The van der Waals surface area contributed by atoms with Crippen molar-refractivity contribution in [3.63, 3.8) is 0 Å². The molecule has 1 amide bonds. The minimum absolute atomic E-state index is 0.0863. The number of hydrogen-bond acceptors (Lipinski definition) is 5. The van der Waals surface area contributed by atoms with Gasteiger partial charge in [-0.15, -0.1) is 0 Å². The topological polar surface area (TPSA) is 97.1 Å². The lowest BCUT2D eigenvalue weighted by atomic mass is 9.85. The summed E-state index contributed by atoms with van der Waals surface area (Å²) in [6.45, 7) is 3.56. The zero-order chi connectivity index (χ0) is 26.7. The van der Waals surface area contributed by atoms with Gasteiger partial charge in [0.15, 0.2) is 5.65 Å². The van der Waals surface area contributed by atoms with E-state index in [9.17, 15) is 24.2 Å². The lowest BCUT2D eigenvalue weighted by Gasteiger charge is -2.41.